The van der Waals surface area contributed by atoms with E-state index in [1.807, 2.05) is 24.3 Å². The molecule has 1 fully saturated rings. The first-order chi connectivity index (χ1) is 11.9. The van der Waals surface area contributed by atoms with Crippen molar-refractivity contribution >= 4 is 5.97 Å². The van der Waals surface area contributed by atoms with Gasteiger partial charge in [0.1, 0.15) is 5.75 Å². The van der Waals surface area contributed by atoms with Crippen LogP contribution in [-0.4, -0.2) is 32.4 Å². The summed E-state index contributed by atoms with van der Waals surface area (Å²) in [7, 11) is 1.34. The molecular weight excluding hydrogens is 330 g/mol. The molecule has 1 saturated carbocycles. The Balaban J connectivity index is 0.000000257. The van der Waals surface area contributed by atoms with Gasteiger partial charge in [0.15, 0.2) is 6.61 Å². The van der Waals surface area contributed by atoms with Gasteiger partial charge in [0.25, 0.3) is 0 Å². The lowest BCUT2D eigenvalue weighted by molar-refractivity contribution is -0.171. The van der Waals surface area contributed by atoms with E-state index in [9.17, 15) is 13.6 Å². The Morgan fingerprint density at radius 1 is 1.16 bits per heavy atom. The minimum Gasteiger partial charge on any atom is -0.482 e. The maximum absolute atomic E-state index is 11.7. The second kappa shape index (κ2) is 11.8. The Labute approximate surface area is 148 Å². The number of methoxy groups -OCH3 is 1. The molecule has 142 valence electrons. The monoisotopic (exact) mass is 358 g/mol. The zero-order valence-corrected chi connectivity index (χ0v) is 15.2. The van der Waals surface area contributed by atoms with E-state index in [0.29, 0.717) is 11.7 Å². The van der Waals surface area contributed by atoms with Crippen molar-refractivity contribution < 1.29 is 27.8 Å². The summed E-state index contributed by atoms with van der Waals surface area (Å²) in [5.74, 6) is 1.00. The lowest BCUT2D eigenvalue weighted by Crippen LogP contribution is -2.22. The number of carbonyl (C=O) groups is 1. The predicted octanol–water partition coefficient (Wildman–Crippen LogP) is 4.61. The summed E-state index contributed by atoms with van der Waals surface area (Å²) in [6.07, 6.45) is 4.45. The normalized spacial score (nSPS) is 19.8. The predicted molar refractivity (Wildman–Crippen MR) is 91.8 cm³/mol. The number of hydrogen-bond acceptors (Lipinski definition) is 4. The summed E-state index contributed by atoms with van der Waals surface area (Å²) in [6, 6.07) is 7.66. The SMILES string of the molecule is CC1CCC(OC(F)F)CC1.CCc1ccc(OCC(=O)OC)cc1. The van der Waals surface area contributed by atoms with Crippen LogP contribution in [0.4, 0.5) is 8.78 Å². The molecule has 1 aliphatic carbocycles. The van der Waals surface area contributed by atoms with Crippen LogP contribution in [-0.2, 0) is 20.7 Å². The van der Waals surface area contributed by atoms with E-state index in [1.165, 1.54) is 12.7 Å². The van der Waals surface area contributed by atoms with E-state index in [1.54, 1.807) is 0 Å². The van der Waals surface area contributed by atoms with Crippen molar-refractivity contribution in [1.29, 1.82) is 0 Å². The van der Waals surface area contributed by atoms with Gasteiger partial charge in [-0.05, 0) is 55.7 Å². The Hall–Kier alpha value is -1.69. The summed E-state index contributed by atoms with van der Waals surface area (Å²) < 4.78 is 37.4. The van der Waals surface area contributed by atoms with E-state index < -0.39 is 6.61 Å². The highest BCUT2D eigenvalue weighted by Crippen LogP contribution is 2.26. The number of hydrogen-bond donors (Lipinski definition) is 0. The standard InChI is InChI=1S/C11H14O3.C8H14F2O/c1-3-9-4-6-10(7-5-9)14-8-11(12)13-2;1-6-2-4-7(5-3-6)11-8(9)10/h4-7H,3,8H2,1-2H3;6-8H,2-5H2,1H3. The third-order valence-corrected chi connectivity index (χ3v) is 4.17. The Morgan fingerprint density at radius 3 is 2.24 bits per heavy atom. The Kier molecular flexibility index (Phi) is 10.1. The minimum atomic E-state index is -2.59. The molecule has 1 aliphatic rings. The molecule has 0 N–H and O–H groups in total. The summed E-state index contributed by atoms with van der Waals surface area (Å²) in [5.41, 5.74) is 1.25. The molecule has 1 aromatic rings. The fourth-order valence-corrected chi connectivity index (χ4v) is 2.53. The molecule has 6 heteroatoms. The number of benzene rings is 1. The number of rotatable bonds is 6. The maximum atomic E-state index is 11.7. The average molecular weight is 358 g/mol. The van der Waals surface area contributed by atoms with Crippen LogP contribution in [0.25, 0.3) is 0 Å². The third-order valence-electron chi connectivity index (χ3n) is 4.17. The van der Waals surface area contributed by atoms with Crippen molar-refractivity contribution in [3.8, 4) is 5.75 Å². The molecule has 0 amide bonds. The van der Waals surface area contributed by atoms with E-state index in [2.05, 4.69) is 23.3 Å². The van der Waals surface area contributed by atoms with Gasteiger partial charge < -0.3 is 14.2 Å². The molecule has 0 heterocycles. The Bertz CT molecular complexity index is 483. The second-order valence-corrected chi connectivity index (χ2v) is 6.14. The van der Waals surface area contributed by atoms with Gasteiger partial charge in [-0.1, -0.05) is 26.0 Å². The van der Waals surface area contributed by atoms with E-state index in [0.717, 1.165) is 32.1 Å². The number of carbonyl (C=O) groups excluding carboxylic acids is 1. The van der Waals surface area contributed by atoms with Gasteiger partial charge in [0, 0.05) is 0 Å². The van der Waals surface area contributed by atoms with E-state index in [-0.39, 0.29) is 18.7 Å². The van der Waals surface area contributed by atoms with Crippen molar-refractivity contribution in [3.05, 3.63) is 29.8 Å². The highest BCUT2D eigenvalue weighted by molar-refractivity contribution is 5.70. The summed E-state index contributed by atoms with van der Waals surface area (Å²) in [6.45, 7) is 1.61. The van der Waals surface area contributed by atoms with E-state index >= 15 is 0 Å². The van der Waals surface area contributed by atoms with Crippen LogP contribution in [0.15, 0.2) is 24.3 Å². The number of esters is 1. The number of halogens is 2. The first-order valence-corrected chi connectivity index (χ1v) is 8.66. The van der Waals surface area contributed by atoms with Crippen LogP contribution >= 0.6 is 0 Å². The van der Waals surface area contributed by atoms with Crippen LogP contribution < -0.4 is 4.74 Å². The van der Waals surface area contributed by atoms with Crippen molar-refractivity contribution in [2.75, 3.05) is 13.7 Å². The molecule has 0 spiro atoms. The summed E-state index contributed by atoms with van der Waals surface area (Å²) in [4.78, 5) is 10.8. The zero-order valence-electron chi connectivity index (χ0n) is 15.2. The van der Waals surface area contributed by atoms with Gasteiger partial charge in [-0.25, -0.2) is 4.79 Å². The van der Waals surface area contributed by atoms with Gasteiger partial charge >= 0.3 is 12.6 Å². The zero-order chi connectivity index (χ0) is 18.7. The van der Waals surface area contributed by atoms with Gasteiger partial charge in [0.2, 0.25) is 0 Å². The van der Waals surface area contributed by atoms with Gasteiger partial charge in [-0.3, -0.25) is 0 Å². The second-order valence-electron chi connectivity index (χ2n) is 6.14. The summed E-state index contributed by atoms with van der Waals surface area (Å²) >= 11 is 0. The van der Waals surface area contributed by atoms with Crippen LogP contribution in [0.2, 0.25) is 0 Å². The minimum absolute atomic E-state index is 0.0397. The molecule has 0 bridgehead atoms. The molecule has 1 aromatic carbocycles. The molecule has 0 unspecified atom stereocenters. The van der Waals surface area contributed by atoms with Crippen molar-refractivity contribution in [3.63, 3.8) is 0 Å². The van der Waals surface area contributed by atoms with Crippen LogP contribution in [0.5, 0.6) is 5.75 Å². The largest absolute Gasteiger partial charge is 0.482 e. The topological polar surface area (TPSA) is 44.8 Å². The van der Waals surface area contributed by atoms with Crippen molar-refractivity contribution in [2.24, 2.45) is 5.92 Å². The molecule has 25 heavy (non-hydrogen) atoms. The van der Waals surface area contributed by atoms with Crippen LogP contribution in [0, 0.1) is 5.92 Å². The lowest BCUT2D eigenvalue weighted by Gasteiger charge is -2.25. The maximum Gasteiger partial charge on any atom is 0.345 e. The van der Waals surface area contributed by atoms with Gasteiger partial charge in [0.05, 0.1) is 13.2 Å². The highest BCUT2D eigenvalue weighted by atomic mass is 19.3. The average Bonchev–Trinajstić information content (AvgIpc) is 2.62. The van der Waals surface area contributed by atoms with Crippen molar-refractivity contribution in [1.82, 2.24) is 0 Å². The van der Waals surface area contributed by atoms with Crippen molar-refractivity contribution in [2.45, 2.75) is 58.7 Å². The van der Waals surface area contributed by atoms with Crippen LogP contribution in [0.1, 0.15) is 45.1 Å². The molecule has 0 saturated heterocycles. The van der Waals surface area contributed by atoms with Crippen LogP contribution in [0.3, 0.4) is 0 Å². The highest BCUT2D eigenvalue weighted by Gasteiger charge is 2.21. The molecule has 0 aliphatic heterocycles. The fourth-order valence-electron chi connectivity index (χ4n) is 2.53. The molecule has 2 rings (SSSR count). The molecule has 4 nitrogen and oxygen atoms in total. The molecular formula is C19H28F2O4. The summed E-state index contributed by atoms with van der Waals surface area (Å²) in [5, 5.41) is 0. The fraction of sp³-hybridized carbons (Fsp3) is 0.632. The number of alkyl halides is 2. The Morgan fingerprint density at radius 2 is 1.76 bits per heavy atom. The van der Waals surface area contributed by atoms with Gasteiger partial charge in [-0.2, -0.15) is 8.78 Å². The molecule has 0 aromatic heterocycles. The number of aryl methyl sites for hydroxylation is 1. The molecule has 0 radical (unpaired) electrons. The lowest BCUT2D eigenvalue weighted by atomic mass is 9.89. The number of ether oxygens (including phenoxy) is 3. The molecule has 0 atom stereocenters. The quantitative estimate of drug-likeness (QED) is 0.697. The first kappa shape index (κ1) is 21.4. The first-order valence-electron chi connectivity index (χ1n) is 8.66. The van der Waals surface area contributed by atoms with E-state index in [4.69, 9.17) is 4.74 Å². The smallest absolute Gasteiger partial charge is 0.345 e. The van der Waals surface area contributed by atoms with Gasteiger partial charge in [-0.15, -0.1) is 0 Å². The third kappa shape index (κ3) is 9.39.